The first-order valence-electron chi connectivity index (χ1n) is 5.44. The van der Waals surface area contributed by atoms with Gasteiger partial charge in [0.1, 0.15) is 0 Å². The summed E-state index contributed by atoms with van der Waals surface area (Å²) < 4.78 is 2.09. The van der Waals surface area contributed by atoms with Gasteiger partial charge in [-0.05, 0) is 25.3 Å². The van der Waals surface area contributed by atoms with Crippen molar-refractivity contribution >= 4 is 0 Å². The van der Waals surface area contributed by atoms with E-state index in [4.69, 9.17) is 0 Å². The van der Waals surface area contributed by atoms with E-state index in [1.807, 2.05) is 6.20 Å². The molecule has 16 heavy (non-hydrogen) atoms. The molecule has 0 radical (unpaired) electrons. The number of benzene rings is 1. The third kappa shape index (κ3) is 1.99. The summed E-state index contributed by atoms with van der Waals surface area (Å²) in [5.74, 6) is 0. The van der Waals surface area contributed by atoms with Crippen molar-refractivity contribution < 1.29 is 0 Å². The van der Waals surface area contributed by atoms with Crippen LogP contribution in [0.3, 0.4) is 0 Å². The molecule has 0 amide bonds. The molecule has 1 aliphatic carbocycles. The second-order valence-corrected chi connectivity index (χ2v) is 4.31. The third-order valence-corrected chi connectivity index (χ3v) is 2.91. The lowest BCUT2D eigenvalue weighted by Crippen LogP contribution is -1.91. The van der Waals surface area contributed by atoms with Crippen LogP contribution in [-0.2, 0) is 0 Å². The van der Waals surface area contributed by atoms with Crippen molar-refractivity contribution in [2.45, 2.75) is 25.8 Å². The largest absolute Gasteiger partial charge is 0.344 e. The van der Waals surface area contributed by atoms with Gasteiger partial charge in [-0.15, -0.1) is 0 Å². The zero-order chi connectivity index (χ0) is 10.3. The molecule has 1 aromatic carbocycles. The summed E-state index contributed by atoms with van der Waals surface area (Å²) in [4.78, 5) is 0. The molecule has 0 spiro atoms. The van der Waals surface area contributed by atoms with E-state index in [9.17, 15) is 0 Å². The molecule has 1 aromatic heterocycles. The molecular formula is C13H17N3. The van der Waals surface area contributed by atoms with Crippen molar-refractivity contribution in [3.8, 4) is 11.1 Å². The zero-order valence-electron chi connectivity index (χ0n) is 9.56. The Labute approximate surface area is 95.7 Å². The molecule has 2 aromatic rings. The van der Waals surface area contributed by atoms with Gasteiger partial charge in [0.2, 0.25) is 0 Å². The lowest BCUT2D eigenvalue weighted by atomic mass is 10.1. The maximum absolute atomic E-state index is 4.39. The van der Waals surface area contributed by atoms with Crippen molar-refractivity contribution in [2.24, 2.45) is 0 Å². The summed E-state index contributed by atoms with van der Waals surface area (Å²) in [5, 5.41) is 4.39. The molecule has 1 heterocycles. The average molecular weight is 215 g/mol. The van der Waals surface area contributed by atoms with Gasteiger partial charge in [0.25, 0.3) is 0 Å². The molecule has 0 aliphatic heterocycles. The van der Waals surface area contributed by atoms with Crippen LogP contribution < -0.4 is 6.15 Å². The van der Waals surface area contributed by atoms with E-state index in [1.165, 1.54) is 29.5 Å². The Hall–Kier alpha value is -1.61. The Morgan fingerprint density at radius 2 is 1.81 bits per heavy atom. The molecule has 1 saturated carbocycles. The summed E-state index contributed by atoms with van der Waals surface area (Å²) in [6, 6.07) is 9.27. The Balaban J connectivity index is 0.000000963. The highest BCUT2D eigenvalue weighted by Gasteiger charge is 2.24. The fourth-order valence-corrected chi connectivity index (χ4v) is 1.77. The Morgan fingerprint density at radius 1 is 1.12 bits per heavy atom. The molecule has 0 atom stereocenters. The second-order valence-electron chi connectivity index (χ2n) is 4.31. The first-order valence-corrected chi connectivity index (χ1v) is 5.44. The lowest BCUT2D eigenvalue weighted by molar-refractivity contribution is 0.642. The molecule has 1 fully saturated rings. The first kappa shape index (κ1) is 10.9. The number of aryl methyl sites for hydroxylation is 1. The third-order valence-electron chi connectivity index (χ3n) is 2.91. The van der Waals surface area contributed by atoms with Gasteiger partial charge < -0.3 is 6.15 Å². The Kier molecular flexibility index (Phi) is 2.79. The topological polar surface area (TPSA) is 52.8 Å². The van der Waals surface area contributed by atoms with Gasteiger partial charge >= 0.3 is 0 Å². The van der Waals surface area contributed by atoms with Crippen LogP contribution in [0.4, 0.5) is 0 Å². The molecule has 84 valence electrons. The molecule has 3 N–H and O–H groups in total. The standard InChI is InChI=1S/C13H14N2.H3N/c1-10-2-4-11(5-3-10)12-8-14-15(9-12)13-6-7-13;/h2-5,8-9,13H,6-7H2,1H3;1H3. The number of rotatable bonds is 2. The number of hydrogen-bond acceptors (Lipinski definition) is 2. The van der Waals surface area contributed by atoms with Crippen LogP contribution in [0.5, 0.6) is 0 Å². The summed E-state index contributed by atoms with van der Waals surface area (Å²) in [6.07, 6.45) is 6.69. The molecule has 3 nitrogen and oxygen atoms in total. The minimum atomic E-state index is 0. The van der Waals surface area contributed by atoms with E-state index in [2.05, 4.69) is 47.2 Å². The molecule has 0 unspecified atom stereocenters. The van der Waals surface area contributed by atoms with Crippen molar-refractivity contribution in [3.05, 3.63) is 42.2 Å². The quantitative estimate of drug-likeness (QED) is 0.835. The van der Waals surface area contributed by atoms with Gasteiger partial charge in [-0.25, -0.2) is 0 Å². The van der Waals surface area contributed by atoms with Crippen LogP contribution in [-0.4, -0.2) is 9.78 Å². The van der Waals surface area contributed by atoms with Gasteiger partial charge in [-0.3, -0.25) is 4.68 Å². The van der Waals surface area contributed by atoms with Crippen molar-refractivity contribution in [2.75, 3.05) is 0 Å². The number of hydrogen-bond donors (Lipinski definition) is 1. The number of nitrogens with zero attached hydrogens (tertiary/aromatic N) is 2. The van der Waals surface area contributed by atoms with Crippen LogP contribution >= 0.6 is 0 Å². The van der Waals surface area contributed by atoms with Gasteiger partial charge in [-0.1, -0.05) is 29.8 Å². The molecule has 3 heteroatoms. The van der Waals surface area contributed by atoms with Crippen LogP contribution in [0.25, 0.3) is 11.1 Å². The summed E-state index contributed by atoms with van der Waals surface area (Å²) in [6.45, 7) is 2.11. The van der Waals surface area contributed by atoms with Gasteiger partial charge in [0.15, 0.2) is 0 Å². The smallest absolute Gasteiger partial charge is 0.0568 e. The Morgan fingerprint density at radius 3 is 2.44 bits per heavy atom. The highest BCUT2D eigenvalue weighted by atomic mass is 15.3. The fraction of sp³-hybridized carbons (Fsp3) is 0.308. The van der Waals surface area contributed by atoms with Crippen LogP contribution in [0.2, 0.25) is 0 Å². The van der Waals surface area contributed by atoms with Crippen molar-refractivity contribution in [1.29, 1.82) is 0 Å². The fourth-order valence-electron chi connectivity index (χ4n) is 1.77. The van der Waals surface area contributed by atoms with Crippen LogP contribution in [0.15, 0.2) is 36.7 Å². The predicted molar refractivity (Wildman–Crippen MR) is 65.7 cm³/mol. The molecule has 0 saturated heterocycles. The predicted octanol–water partition coefficient (Wildman–Crippen LogP) is 3.36. The van der Waals surface area contributed by atoms with Gasteiger partial charge in [0.05, 0.1) is 12.2 Å². The lowest BCUT2D eigenvalue weighted by Gasteiger charge is -1.97. The van der Waals surface area contributed by atoms with Gasteiger partial charge in [-0.2, -0.15) is 5.10 Å². The van der Waals surface area contributed by atoms with Crippen molar-refractivity contribution in [3.63, 3.8) is 0 Å². The maximum atomic E-state index is 4.39. The van der Waals surface area contributed by atoms with Crippen LogP contribution in [0.1, 0.15) is 24.4 Å². The van der Waals surface area contributed by atoms with E-state index in [-0.39, 0.29) is 6.15 Å². The normalized spacial score (nSPS) is 14.6. The van der Waals surface area contributed by atoms with E-state index in [0.29, 0.717) is 6.04 Å². The van der Waals surface area contributed by atoms with Gasteiger partial charge in [0, 0.05) is 11.8 Å². The number of aromatic nitrogens is 2. The molecular weight excluding hydrogens is 198 g/mol. The molecule has 3 rings (SSSR count). The van der Waals surface area contributed by atoms with E-state index in [1.54, 1.807) is 0 Å². The minimum Gasteiger partial charge on any atom is -0.344 e. The monoisotopic (exact) mass is 215 g/mol. The molecule has 1 aliphatic rings. The van der Waals surface area contributed by atoms with Crippen molar-refractivity contribution in [1.82, 2.24) is 15.9 Å². The Bertz CT molecular complexity index is 466. The summed E-state index contributed by atoms with van der Waals surface area (Å²) >= 11 is 0. The molecule has 0 bridgehead atoms. The van der Waals surface area contributed by atoms with E-state index in [0.717, 1.165) is 0 Å². The highest BCUT2D eigenvalue weighted by Crippen LogP contribution is 2.35. The highest BCUT2D eigenvalue weighted by molar-refractivity contribution is 5.61. The first-order chi connectivity index (χ1) is 7.33. The SMILES string of the molecule is Cc1ccc(-c2cnn(C3CC3)c2)cc1.N. The average Bonchev–Trinajstić information content (AvgIpc) is 2.99. The summed E-state index contributed by atoms with van der Waals surface area (Å²) in [7, 11) is 0. The second kappa shape index (κ2) is 4.10. The van der Waals surface area contributed by atoms with E-state index >= 15 is 0 Å². The zero-order valence-corrected chi connectivity index (χ0v) is 9.56. The van der Waals surface area contributed by atoms with Crippen LogP contribution in [0, 0.1) is 6.92 Å². The van der Waals surface area contributed by atoms with E-state index < -0.39 is 0 Å². The summed E-state index contributed by atoms with van der Waals surface area (Å²) in [5.41, 5.74) is 3.78. The maximum Gasteiger partial charge on any atom is 0.0568 e. The minimum absolute atomic E-state index is 0.